The number of hydrogen-bond acceptors (Lipinski definition) is 2. The van der Waals surface area contributed by atoms with Gasteiger partial charge in [-0.05, 0) is 39.2 Å². The Labute approximate surface area is 112 Å². The van der Waals surface area contributed by atoms with Gasteiger partial charge in [-0.1, -0.05) is 30.3 Å². The third-order valence-electron chi connectivity index (χ3n) is 2.50. The second kappa shape index (κ2) is 6.13. The summed E-state index contributed by atoms with van der Waals surface area (Å²) in [5.74, 6) is -4.85. The van der Waals surface area contributed by atoms with Gasteiger partial charge in [-0.15, -0.1) is 0 Å². The van der Waals surface area contributed by atoms with Crippen LogP contribution in [0.5, 0.6) is 0 Å². The Balaban J connectivity index is 2.44. The fourth-order valence-corrected chi connectivity index (χ4v) is 1.61. The Bertz CT molecular complexity index is 408. The standard InChI is InChI=1S/C15H20F2O2/c1-14(2,3)19-13(18)15(16,17)11-7-10-12-8-5-4-6-9-12/h4-6,8-9H,7,10-11H2,1-3H3. The highest BCUT2D eigenvalue weighted by atomic mass is 19.3. The van der Waals surface area contributed by atoms with Crippen molar-refractivity contribution in [1.29, 1.82) is 0 Å². The fourth-order valence-electron chi connectivity index (χ4n) is 1.61. The van der Waals surface area contributed by atoms with E-state index in [4.69, 9.17) is 4.74 Å². The second-order valence-electron chi connectivity index (χ2n) is 5.55. The van der Waals surface area contributed by atoms with E-state index in [-0.39, 0.29) is 6.42 Å². The molecule has 0 aliphatic carbocycles. The summed E-state index contributed by atoms with van der Waals surface area (Å²) in [5.41, 5.74) is 0.0995. The van der Waals surface area contributed by atoms with E-state index in [9.17, 15) is 13.6 Å². The molecule has 0 N–H and O–H groups in total. The van der Waals surface area contributed by atoms with E-state index in [1.807, 2.05) is 30.3 Å². The zero-order chi connectivity index (χ0) is 14.5. The first-order valence-electron chi connectivity index (χ1n) is 6.36. The van der Waals surface area contributed by atoms with Crippen molar-refractivity contribution in [3.05, 3.63) is 35.9 Å². The van der Waals surface area contributed by atoms with Gasteiger partial charge in [0.1, 0.15) is 5.60 Å². The van der Waals surface area contributed by atoms with Crippen LogP contribution >= 0.6 is 0 Å². The smallest absolute Gasteiger partial charge is 0.377 e. The summed E-state index contributed by atoms with van der Waals surface area (Å²) in [5, 5.41) is 0. The highest BCUT2D eigenvalue weighted by molar-refractivity contribution is 5.77. The van der Waals surface area contributed by atoms with E-state index in [1.54, 1.807) is 20.8 Å². The molecule has 19 heavy (non-hydrogen) atoms. The zero-order valence-corrected chi connectivity index (χ0v) is 11.6. The van der Waals surface area contributed by atoms with Crippen molar-refractivity contribution in [2.24, 2.45) is 0 Å². The normalized spacial score (nSPS) is 12.3. The predicted octanol–water partition coefficient (Wildman–Crippen LogP) is 3.99. The molecule has 0 bridgehead atoms. The molecule has 0 aliphatic heterocycles. The van der Waals surface area contributed by atoms with E-state index < -0.39 is 23.9 Å². The Hall–Kier alpha value is -1.45. The molecule has 1 aromatic rings. The van der Waals surface area contributed by atoms with Gasteiger partial charge in [0.15, 0.2) is 0 Å². The van der Waals surface area contributed by atoms with Crippen LogP contribution in [0.3, 0.4) is 0 Å². The van der Waals surface area contributed by atoms with Crippen LogP contribution in [0.25, 0.3) is 0 Å². The van der Waals surface area contributed by atoms with Crippen LogP contribution in [0.15, 0.2) is 30.3 Å². The van der Waals surface area contributed by atoms with Gasteiger partial charge in [0, 0.05) is 6.42 Å². The second-order valence-corrected chi connectivity index (χ2v) is 5.55. The summed E-state index contributed by atoms with van der Waals surface area (Å²) in [7, 11) is 0. The predicted molar refractivity (Wildman–Crippen MR) is 70.2 cm³/mol. The quantitative estimate of drug-likeness (QED) is 0.756. The monoisotopic (exact) mass is 270 g/mol. The number of aryl methyl sites for hydroxylation is 1. The molecular weight excluding hydrogens is 250 g/mol. The molecule has 0 unspecified atom stereocenters. The summed E-state index contributed by atoms with van der Waals surface area (Å²) in [6.45, 7) is 4.72. The van der Waals surface area contributed by atoms with Crippen LogP contribution < -0.4 is 0 Å². The maximum absolute atomic E-state index is 13.6. The van der Waals surface area contributed by atoms with Crippen molar-refractivity contribution in [2.45, 2.75) is 51.6 Å². The molecule has 0 aliphatic rings. The van der Waals surface area contributed by atoms with Gasteiger partial charge in [-0.2, -0.15) is 8.78 Å². The molecule has 106 valence electrons. The number of alkyl halides is 2. The Morgan fingerprint density at radius 3 is 2.26 bits per heavy atom. The molecule has 1 rings (SSSR count). The SMILES string of the molecule is CC(C)(C)OC(=O)C(F)(F)CCCc1ccccc1. The molecule has 0 heterocycles. The van der Waals surface area contributed by atoms with Gasteiger partial charge in [0.05, 0.1) is 0 Å². The van der Waals surface area contributed by atoms with Crippen molar-refractivity contribution in [3.8, 4) is 0 Å². The molecule has 1 aromatic carbocycles. The Morgan fingerprint density at radius 2 is 1.74 bits per heavy atom. The lowest BCUT2D eigenvalue weighted by Gasteiger charge is -2.23. The molecule has 0 fully saturated rings. The molecule has 0 spiro atoms. The highest BCUT2D eigenvalue weighted by Crippen LogP contribution is 2.25. The summed E-state index contributed by atoms with van der Waals surface area (Å²) in [4.78, 5) is 11.4. The van der Waals surface area contributed by atoms with Crippen molar-refractivity contribution in [1.82, 2.24) is 0 Å². The van der Waals surface area contributed by atoms with Crippen LogP contribution in [0.2, 0.25) is 0 Å². The van der Waals surface area contributed by atoms with Gasteiger partial charge in [-0.25, -0.2) is 4.79 Å². The third-order valence-corrected chi connectivity index (χ3v) is 2.50. The van der Waals surface area contributed by atoms with Crippen LogP contribution in [0, 0.1) is 0 Å². The summed E-state index contributed by atoms with van der Waals surface area (Å²) < 4.78 is 31.9. The van der Waals surface area contributed by atoms with Crippen LogP contribution in [0.4, 0.5) is 8.78 Å². The Kier molecular flexibility index (Phi) is 5.04. The number of hydrogen-bond donors (Lipinski definition) is 0. The highest BCUT2D eigenvalue weighted by Gasteiger charge is 2.41. The Morgan fingerprint density at radius 1 is 1.16 bits per heavy atom. The topological polar surface area (TPSA) is 26.3 Å². The number of carbonyl (C=O) groups is 1. The van der Waals surface area contributed by atoms with Crippen molar-refractivity contribution in [2.75, 3.05) is 0 Å². The van der Waals surface area contributed by atoms with Gasteiger partial charge in [0.2, 0.25) is 0 Å². The lowest BCUT2D eigenvalue weighted by Crippen LogP contribution is -2.36. The van der Waals surface area contributed by atoms with Crippen molar-refractivity contribution in [3.63, 3.8) is 0 Å². The van der Waals surface area contributed by atoms with E-state index in [2.05, 4.69) is 0 Å². The lowest BCUT2D eigenvalue weighted by atomic mass is 10.1. The fraction of sp³-hybridized carbons (Fsp3) is 0.533. The maximum atomic E-state index is 13.6. The number of ether oxygens (including phenoxy) is 1. The minimum Gasteiger partial charge on any atom is -0.456 e. The van der Waals surface area contributed by atoms with Gasteiger partial charge in [0.25, 0.3) is 0 Å². The van der Waals surface area contributed by atoms with Gasteiger partial charge < -0.3 is 4.74 Å². The molecule has 0 saturated carbocycles. The number of esters is 1. The van der Waals surface area contributed by atoms with Gasteiger partial charge in [-0.3, -0.25) is 0 Å². The first kappa shape index (κ1) is 15.6. The largest absolute Gasteiger partial charge is 0.456 e. The number of halogens is 2. The van der Waals surface area contributed by atoms with E-state index in [0.29, 0.717) is 6.42 Å². The molecule has 2 nitrogen and oxygen atoms in total. The maximum Gasteiger partial charge on any atom is 0.377 e. The van der Waals surface area contributed by atoms with Crippen molar-refractivity contribution < 1.29 is 18.3 Å². The first-order valence-corrected chi connectivity index (χ1v) is 6.36. The molecule has 0 radical (unpaired) electrons. The molecular formula is C15H20F2O2. The summed E-state index contributed by atoms with van der Waals surface area (Å²) in [6.07, 6.45) is 0.284. The minimum atomic E-state index is -3.41. The summed E-state index contributed by atoms with van der Waals surface area (Å²) in [6, 6.07) is 9.36. The van der Waals surface area contributed by atoms with E-state index in [0.717, 1.165) is 5.56 Å². The first-order chi connectivity index (χ1) is 8.71. The van der Waals surface area contributed by atoms with E-state index >= 15 is 0 Å². The average Bonchev–Trinajstić information content (AvgIpc) is 2.28. The summed E-state index contributed by atoms with van der Waals surface area (Å²) >= 11 is 0. The van der Waals surface area contributed by atoms with Crippen LogP contribution in [0.1, 0.15) is 39.2 Å². The number of benzene rings is 1. The molecule has 0 saturated heterocycles. The molecule has 0 amide bonds. The third kappa shape index (κ3) is 5.81. The van der Waals surface area contributed by atoms with E-state index in [1.165, 1.54) is 0 Å². The minimum absolute atomic E-state index is 0.246. The lowest BCUT2D eigenvalue weighted by molar-refractivity contribution is -0.184. The molecule has 0 aromatic heterocycles. The zero-order valence-electron chi connectivity index (χ0n) is 11.6. The van der Waals surface area contributed by atoms with Crippen molar-refractivity contribution >= 4 is 5.97 Å². The van der Waals surface area contributed by atoms with Gasteiger partial charge >= 0.3 is 11.9 Å². The molecule has 0 atom stereocenters. The van der Waals surface area contributed by atoms with Crippen LogP contribution in [-0.2, 0) is 16.0 Å². The van der Waals surface area contributed by atoms with Crippen LogP contribution in [-0.4, -0.2) is 17.5 Å². The number of carbonyl (C=O) groups excluding carboxylic acids is 1. The molecule has 4 heteroatoms. The number of rotatable bonds is 5. The average molecular weight is 270 g/mol.